The molecular weight excluding hydrogens is 447 g/mol. The van der Waals surface area contributed by atoms with E-state index in [0.29, 0.717) is 38.9 Å². The number of benzene rings is 2. The van der Waals surface area contributed by atoms with Crippen molar-refractivity contribution in [2.75, 3.05) is 13.2 Å². The number of ether oxygens (including phenoxy) is 1. The average Bonchev–Trinajstić information content (AvgIpc) is 3.04. The summed E-state index contributed by atoms with van der Waals surface area (Å²) in [4.78, 5) is 11.0. The molecule has 1 heterocycles. The highest BCUT2D eigenvalue weighted by atomic mass is 35.5. The fourth-order valence-electron chi connectivity index (χ4n) is 2.93. The number of nitrogens with zero attached hydrogens (tertiary/aromatic N) is 4. The molecule has 0 bridgehead atoms. The van der Waals surface area contributed by atoms with Crippen LogP contribution in [0.1, 0.15) is 29.1 Å². The highest BCUT2D eigenvalue weighted by molar-refractivity contribution is 7.99. The lowest BCUT2D eigenvalue weighted by Gasteiger charge is -2.16. The van der Waals surface area contributed by atoms with Gasteiger partial charge in [0, 0.05) is 10.6 Å². The Morgan fingerprint density at radius 2 is 1.80 bits per heavy atom. The zero-order valence-corrected chi connectivity index (χ0v) is 19.0. The van der Waals surface area contributed by atoms with E-state index in [4.69, 9.17) is 27.9 Å². The van der Waals surface area contributed by atoms with Gasteiger partial charge >= 0.3 is 0 Å². The Kier molecular flexibility index (Phi) is 7.23. The van der Waals surface area contributed by atoms with Gasteiger partial charge < -0.3 is 4.74 Å². The van der Waals surface area contributed by atoms with Crippen molar-refractivity contribution in [2.24, 2.45) is 0 Å². The molecule has 0 aliphatic rings. The van der Waals surface area contributed by atoms with Crippen LogP contribution in [-0.2, 0) is 0 Å². The monoisotopic (exact) mass is 466 g/mol. The van der Waals surface area contributed by atoms with E-state index in [1.807, 2.05) is 49.6 Å². The maximum absolute atomic E-state index is 11.4. The second-order valence-electron chi connectivity index (χ2n) is 6.57. The predicted molar refractivity (Wildman–Crippen MR) is 119 cm³/mol. The lowest BCUT2D eigenvalue weighted by atomic mass is 10.1. The maximum Gasteiger partial charge on any atom is 0.220 e. The molecule has 0 aliphatic carbocycles. The van der Waals surface area contributed by atoms with E-state index in [2.05, 4.69) is 10.2 Å². The molecule has 3 aromatic rings. The van der Waals surface area contributed by atoms with Gasteiger partial charge in [-0.1, -0.05) is 52.7 Å². The van der Waals surface area contributed by atoms with Crippen LogP contribution in [0.25, 0.3) is 5.69 Å². The van der Waals surface area contributed by atoms with Crippen LogP contribution in [-0.4, -0.2) is 32.8 Å². The Bertz CT molecular complexity index is 1030. The third-order valence-electron chi connectivity index (χ3n) is 4.33. The molecule has 1 atom stereocenters. The molecule has 0 saturated heterocycles. The van der Waals surface area contributed by atoms with Gasteiger partial charge in [-0.3, -0.25) is 14.7 Å². The van der Waals surface area contributed by atoms with Gasteiger partial charge in [0.05, 0.1) is 16.7 Å². The van der Waals surface area contributed by atoms with Crippen LogP contribution in [0.5, 0.6) is 5.75 Å². The van der Waals surface area contributed by atoms with Crippen molar-refractivity contribution in [3.8, 4) is 11.4 Å². The number of rotatable bonds is 8. The molecule has 0 N–H and O–H groups in total. The van der Waals surface area contributed by atoms with E-state index in [1.54, 1.807) is 12.1 Å². The minimum absolute atomic E-state index is 0.310. The SMILES string of the molecule is CCOc1c(Cl)cc([C@@H](C[N+](=O)[O-])Sc2nnc(C)n2-c2ccc(C)cc2)cc1Cl. The Hall–Kier alpha value is -2.29. The van der Waals surface area contributed by atoms with Gasteiger partial charge in [-0.25, -0.2) is 0 Å². The van der Waals surface area contributed by atoms with Crippen molar-refractivity contribution in [1.29, 1.82) is 0 Å². The quantitative estimate of drug-likeness (QED) is 0.240. The molecule has 0 saturated carbocycles. The minimum atomic E-state index is -0.571. The summed E-state index contributed by atoms with van der Waals surface area (Å²) in [7, 11) is 0. The van der Waals surface area contributed by atoms with Gasteiger partial charge in [0.25, 0.3) is 0 Å². The van der Waals surface area contributed by atoms with Gasteiger partial charge in [0.1, 0.15) is 11.1 Å². The highest BCUT2D eigenvalue weighted by Crippen LogP contribution is 2.41. The van der Waals surface area contributed by atoms with Crippen LogP contribution in [0.3, 0.4) is 0 Å². The Morgan fingerprint density at radius 3 is 2.37 bits per heavy atom. The molecule has 30 heavy (non-hydrogen) atoms. The lowest BCUT2D eigenvalue weighted by molar-refractivity contribution is -0.479. The topological polar surface area (TPSA) is 83.1 Å². The van der Waals surface area contributed by atoms with Gasteiger partial charge in [-0.05, 0) is 50.6 Å². The number of thioether (sulfide) groups is 1. The van der Waals surface area contributed by atoms with Crippen molar-refractivity contribution in [2.45, 2.75) is 31.2 Å². The number of nitro groups is 1. The van der Waals surface area contributed by atoms with E-state index >= 15 is 0 Å². The first kappa shape index (κ1) is 22.4. The summed E-state index contributed by atoms with van der Waals surface area (Å²) in [5.41, 5.74) is 2.63. The highest BCUT2D eigenvalue weighted by Gasteiger charge is 2.25. The van der Waals surface area contributed by atoms with Crippen LogP contribution in [0.2, 0.25) is 10.0 Å². The van der Waals surface area contributed by atoms with Crippen LogP contribution < -0.4 is 4.74 Å². The molecule has 0 aliphatic heterocycles. The first-order valence-corrected chi connectivity index (χ1v) is 10.8. The molecule has 10 heteroatoms. The molecule has 2 aromatic carbocycles. The molecular formula is C20H20Cl2N4O3S. The fourth-order valence-corrected chi connectivity index (χ4v) is 4.70. The standard InChI is InChI=1S/C20H20Cl2N4O3S/c1-4-29-19-16(21)9-14(10-17(19)22)18(11-25(27)28)30-20-24-23-13(3)26(20)15-7-5-12(2)6-8-15/h5-10,18H,4,11H2,1-3H3/t18-/m1/s1. The lowest BCUT2D eigenvalue weighted by Crippen LogP contribution is -2.11. The van der Waals surface area contributed by atoms with E-state index in [1.165, 1.54) is 11.8 Å². The van der Waals surface area contributed by atoms with Crippen molar-refractivity contribution in [3.05, 3.63) is 73.5 Å². The summed E-state index contributed by atoms with van der Waals surface area (Å²) in [5, 5.41) is 20.4. The molecule has 0 fully saturated rings. The van der Waals surface area contributed by atoms with Gasteiger partial charge in [0.15, 0.2) is 10.9 Å². The Morgan fingerprint density at radius 1 is 1.17 bits per heavy atom. The number of hydrogen-bond donors (Lipinski definition) is 0. The van der Waals surface area contributed by atoms with Crippen molar-refractivity contribution < 1.29 is 9.66 Å². The normalized spacial score (nSPS) is 12.0. The van der Waals surface area contributed by atoms with Crippen LogP contribution in [0.4, 0.5) is 0 Å². The van der Waals surface area contributed by atoms with Gasteiger partial charge in [0.2, 0.25) is 6.54 Å². The third kappa shape index (κ3) is 5.06. The predicted octanol–water partition coefficient (Wildman–Crippen LogP) is 5.70. The van der Waals surface area contributed by atoms with E-state index in [9.17, 15) is 10.1 Å². The number of aromatic nitrogens is 3. The molecule has 7 nitrogen and oxygen atoms in total. The summed E-state index contributed by atoms with van der Waals surface area (Å²) in [6.45, 7) is 5.75. The van der Waals surface area contributed by atoms with Crippen molar-refractivity contribution >= 4 is 35.0 Å². The number of hydrogen-bond acceptors (Lipinski definition) is 6. The fraction of sp³-hybridized carbons (Fsp3) is 0.300. The first-order valence-electron chi connectivity index (χ1n) is 9.19. The van der Waals surface area contributed by atoms with E-state index in [-0.39, 0.29) is 11.5 Å². The van der Waals surface area contributed by atoms with E-state index in [0.717, 1.165) is 11.3 Å². The molecule has 0 radical (unpaired) electrons. The molecule has 0 spiro atoms. The summed E-state index contributed by atoms with van der Waals surface area (Å²) < 4.78 is 7.33. The summed E-state index contributed by atoms with van der Waals surface area (Å²) in [6.07, 6.45) is 0. The second-order valence-corrected chi connectivity index (χ2v) is 8.55. The van der Waals surface area contributed by atoms with Crippen LogP contribution >= 0.6 is 35.0 Å². The van der Waals surface area contributed by atoms with E-state index < -0.39 is 5.25 Å². The minimum Gasteiger partial charge on any atom is -0.491 e. The number of aryl methyl sites for hydroxylation is 2. The maximum atomic E-state index is 11.4. The zero-order valence-electron chi connectivity index (χ0n) is 16.6. The van der Waals surface area contributed by atoms with Gasteiger partial charge in [-0.15, -0.1) is 10.2 Å². The molecule has 3 rings (SSSR count). The van der Waals surface area contributed by atoms with Crippen LogP contribution in [0.15, 0.2) is 41.6 Å². The van der Waals surface area contributed by atoms with Crippen molar-refractivity contribution in [3.63, 3.8) is 0 Å². The Labute approximate surface area is 188 Å². The summed E-state index contributed by atoms with van der Waals surface area (Å²) in [6, 6.07) is 11.2. The largest absolute Gasteiger partial charge is 0.491 e. The van der Waals surface area contributed by atoms with Gasteiger partial charge in [-0.2, -0.15) is 0 Å². The molecule has 158 valence electrons. The second kappa shape index (κ2) is 9.68. The Balaban J connectivity index is 2.00. The summed E-state index contributed by atoms with van der Waals surface area (Å²) in [5.74, 6) is 1.05. The summed E-state index contributed by atoms with van der Waals surface area (Å²) >= 11 is 13.9. The average molecular weight is 467 g/mol. The van der Waals surface area contributed by atoms with Crippen LogP contribution in [0, 0.1) is 24.0 Å². The van der Waals surface area contributed by atoms with Crippen molar-refractivity contribution in [1.82, 2.24) is 14.8 Å². The molecule has 0 unspecified atom stereocenters. The first-order chi connectivity index (χ1) is 14.3. The molecule has 1 aromatic heterocycles. The third-order valence-corrected chi connectivity index (χ3v) is 6.07. The smallest absolute Gasteiger partial charge is 0.220 e. The molecule has 0 amide bonds. The number of halogens is 2. The zero-order chi connectivity index (χ0) is 21.8.